The first-order valence-electron chi connectivity index (χ1n) is 6.01. The highest BCUT2D eigenvalue weighted by molar-refractivity contribution is 5.37. The minimum Gasteiger partial charge on any atom is -0.358 e. The minimum absolute atomic E-state index is 0.259. The van der Waals surface area contributed by atoms with Gasteiger partial charge in [0.05, 0.1) is 16.5 Å². The van der Waals surface area contributed by atoms with Crippen LogP contribution in [-0.4, -0.2) is 4.92 Å². The third-order valence-corrected chi connectivity index (χ3v) is 3.08. The number of hydrogen-bond donors (Lipinski definition) is 1. The third-order valence-electron chi connectivity index (χ3n) is 3.08. The molecule has 94 valence electrons. The van der Waals surface area contributed by atoms with Crippen molar-refractivity contribution in [1.29, 1.82) is 0 Å². The second-order valence-corrected chi connectivity index (χ2v) is 4.34. The van der Waals surface area contributed by atoms with E-state index in [2.05, 4.69) is 5.32 Å². The van der Waals surface area contributed by atoms with Gasteiger partial charge in [-0.3, -0.25) is 10.1 Å². The second kappa shape index (κ2) is 5.04. The van der Waals surface area contributed by atoms with Crippen LogP contribution in [0.5, 0.6) is 0 Å². The van der Waals surface area contributed by atoms with Crippen LogP contribution >= 0.6 is 0 Å². The van der Waals surface area contributed by atoms with Crippen LogP contribution in [-0.2, 0) is 0 Å². The van der Waals surface area contributed by atoms with Crippen LogP contribution in [0.4, 0.5) is 0 Å². The van der Waals surface area contributed by atoms with Crippen molar-refractivity contribution in [2.24, 2.45) is 0 Å². The lowest BCUT2D eigenvalue weighted by Crippen LogP contribution is -2.25. The first kappa shape index (κ1) is 12.4. The highest BCUT2D eigenvalue weighted by Crippen LogP contribution is 2.32. The zero-order chi connectivity index (χ0) is 13.1. The molecule has 1 aromatic carbocycles. The molecule has 4 nitrogen and oxygen atoms in total. The summed E-state index contributed by atoms with van der Waals surface area (Å²) in [6.45, 7) is 3.86. The van der Waals surface area contributed by atoms with E-state index in [1.54, 1.807) is 0 Å². The number of nitro groups is 1. The Morgan fingerprint density at radius 1 is 1.33 bits per heavy atom. The van der Waals surface area contributed by atoms with Gasteiger partial charge in [-0.25, -0.2) is 0 Å². The second-order valence-electron chi connectivity index (χ2n) is 4.34. The summed E-state index contributed by atoms with van der Waals surface area (Å²) in [7, 11) is 0. The molecule has 1 N–H and O–H groups in total. The van der Waals surface area contributed by atoms with Gasteiger partial charge in [-0.05, 0) is 25.0 Å². The van der Waals surface area contributed by atoms with Crippen LogP contribution in [0.3, 0.4) is 0 Å². The summed E-state index contributed by atoms with van der Waals surface area (Å²) in [5.41, 5.74) is 2.88. The Balaban J connectivity index is 2.51. The lowest BCUT2D eigenvalue weighted by Gasteiger charge is -2.22. The van der Waals surface area contributed by atoms with Gasteiger partial charge in [0.1, 0.15) is 0 Å². The number of rotatable bonds is 3. The first-order valence-corrected chi connectivity index (χ1v) is 6.01. The molecule has 0 saturated carbocycles. The molecule has 2 rings (SSSR count). The maximum Gasteiger partial charge on any atom is 0.276 e. The van der Waals surface area contributed by atoms with Gasteiger partial charge in [-0.15, -0.1) is 0 Å². The molecule has 0 saturated heterocycles. The van der Waals surface area contributed by atoms with E-state index >= 15 is 0 Å². The van der Waals surface area contributed by atoms with Crippen LogP contribution in [0, 0.1) is 10.1 Å². The Hall–Kier alpha value is -2.10. The SMILES string of the molecule is CCC1=C([N+](=O)[O-])C(c2ccccc2)C=C(C)N1. The fourth-order valence-electron chi connectivity index (χ4n) is 2.27. The molecule has 1 aliphatic rings. The summed E-state index contributed by atoms with van der Waals surface area (Å²) in [4.78, 5) is 11.0. The number of allylic oxidation sites excluding steroid dienone is 3. The van der Waals surface area contributed by atoms with Gasteiger partial charge < -0.3 is 5.32 Å². The van der Waals surface area contributed by atoms with Crippen molar-refractivity contribution in [3.8, 4) is 0 Å². The summed E-state index contributed by atoms with van der Waals surface area (Å²) in [5, 5.41) is 14.4. The van der Waals surface area contributed by atoms with Gasteiger partial charge in [-0.1, -0.05) is 37.3 Å². The van der Waals surface area contributed by atoms with Crippen molar-refractivity contribution in [3.05, 3.63) is 69.2 Å². The fraction of sp³-hybridized carbons (Fsp3) is 0.286. The van der Waals surface area contributed by atoms with Crippen molar-refractivity contribution >= 4 is 0 Å². The van der Waals surface area contributed by atoms with Gasteiger partial charge in [0.2, 0.25) is 0 Å². The van der Waals surface area contributed by atoms with E-state index in [9.17, 15) is 10.1 Å². The van der Waals surface area contributed by atoms with Crippen LogP contribution in [0.15, 0.2) is 53.5 Å². The molecule has 4 heteroatoms. The summed E-state index contributed by atoms with van der Waals surface area (Å²) < 4.78 is 0. The topological polar surface area (TPSA) is 55.2 Å². The lowest BCUT2D eigenvalue weighted by molar-refractivity contribution is -0.430. The first-order chi connectivity index (χ1) is 8.63. The largest absolute Gasteiger partial charge is 0.358 e. The highest BCUT2D eigenvalue weighted by atomic mass is 16.6. The van der Waals surface area contributed by atoms with Crippen molar-refractivity contribution in [3.63, 3.8) is 0 Å². The van der Waals surface area contributed by atoms with E-state index in [0.29, 0.717) is 12.1 Å². The number of nitrogens with zero attached hydrogens (tertiary/aromatic N) is 1. The molecule has 0 aromatic heterocycles. The minimum atomic E-state index is -0.271. The molecule has 1 aromatic rings. The number of hydrogen-bond acceptors (Lipinski definition) is 3. The Morgan fingerprint density at radius 3 is 2.56 bits per heavy atom. The molecule has 0 aliphatic carbocycles. The zero-order valence-electron chi connectivity index (χ0n) is 10.5. The van der Waals surface area contributed by atoms with Gasteiger partial charge in [-0.2, -0.15) is 0 Å². The Labute approximate surface area is 106 Å². The predicted molar refractivity (Wildman–Crippen MR) is 70.4 cm³/mol. The monoisotopic (exact) mass is 244 g/mol. The van der Waals surface area contributed by atoms with E-state index in [0.717, 1.165) is 11.3 Å². The average molecular weight is 244 g/mol. The normalized spacial score (nSPS) is 19.2. The smallest absolute Gasteiger partial charge is 0.276 e. The molecule has 1 unspecified atom stereocenters. The van der Waals surface area contributed by atoms with Crippen LogP contribution < -0.4 is 5.32 Å². The van der Waals surface area contributed by atoms with Crippen molar-refractivity contribution in [2.45, 2.75) is 26.2 Å². The number of benzene rings is 1. The molecular weight excluding hydrogens is 228 g/mol. The third kappa shape index (κ3) is 2.27. The van der Waals surface area contributed by atoms with E-state index in [1.807, 2.05) is 50.3 Å². The van der Waals surface area contributed by atoms with Gasteiger partial charge in [0.15, 0.2) is 0 Å². The van der Waals surface area contributed by atoms with Crippen molar-refractivity contribution in [1.82, 2.24) is 5.32 Å². The standard InChI is InChI=1S/C14H16N2O2/c1-3-13-14(16(17)18)12(9-10(2)15-13)11-7-5-4-6-8-11/h4-9,12,15H,3H2,1-2H3. The fourth-order valence-corrected chi connectivity index (χ4v) is 2.27. The summed E-state index contributed by atoms with van der Waals surface area (Å²) >= 11 is 0. The summed E-state index contributed by atoms with van der Waals surface area (Å²) in [5.74, 6) is -0.266. The maximum absolute atomic E-state index is 11.3. The van der Waals surface area contributed by atoms with Gasteiger partial charge >= 0.3 is 0 Å². The molecule has 0 spiro atoms. The molecule has 0 fully saturated rings. The molecule has 18 heavy (non-hydrogen) atoms. The van der Waals surface area contributed by atoms with Gasteiger partial charge in [0.25, 0.3) is 5.70 Å². The van der Waals surface area contributed by atoms with Crippen molar-refractivity contribution < 1.29 is 4.92 Å². The lowest BCUT2D eigenvalue weighted by atomic mass is 9.91. The highest BCUT2D eigenvalue weighted by Gasteiger charge is 2.31. The van der Waals surface area contributed by atoms with E-state index < -0.39 is 0 Å². The van der Waals surface area contributed by atoms with Crippen molar-refractivity contribution in [2.75, 3.05) is 0 Å². The molecule has 0 amide bonds. The zero-order valence-corrected chi connectivity index (χ0v) is 10.5. The summed E-state index contributed by atoms with van der Waals surface area (Å²) in [6.07, 6.45) is 2.54. The number of dihydropyridines is 1. The molecule has 1 aliphatic heterocycles. The average Bonchev–Trinajstić information content (AvgIpc) is 2.38. The van der Waals surface area contributed by atoms with E-state index in [-0.39, 0.29) is 16.5 Å². The molecule has 1 heterocycles. The van der Waals surface area contributed by atoms with E-state index in [1.165, 1.54) is 0 Å². The molecule has 1 atom stereocenters. The number of nitrogens with one attached hydrogen (secondary N) is 1. The van der Waals surface area contributed by atoms with E-state index in [4.69, 9.17) is 0 Å². The van der Waals surface area contributed by atoms with Gasteiger partial charge in [0, 0.05) is 5.70 Å². The molecule has 0 bridgehead atoms. The summed E-state index contributed by atoms with van der Waals surface area (Å²) in [6, 6.07) is 9.58. The Bertz CT molecular complexity index is 518. The molecular formula is C14H16N2O2. The van der Waals surface area contributed by atoms with Crippen LogP contribution in [0.2, 0.25) is 0 Å². The Morgan fingerprint density at radius 2 is 2.00 bits per heavy atom. The van der Waals surface area contributed by atoms with Crippen LogP contribution in [0.1, 0.15) is 31.7 Å². The molecule has 0 radical (unpaired) electrons. The van der Waals surface area contributed by atoms with Crippen LogP contribution in [0.25, 0.3) is 0 Å². The Kier molecular flexibility index (Phi) is 3.46. The predicted octanol–water partition coefficient (Wildman–Crippen LogP) is 3.18. The maximum atomic E-state index is 11.3. The quantitative estimate of drug-likeness (QED) is 0.656.